The van der Waals surface area contributed by atoms with Crippen molar-refractivity contribution in [2.45, 2.75) is 64.0 Å². The number of nitrogens with zero attached hydrogens (tertiary/aromatic N) is 1. The number of benzene rings is 1. The predicted molar refractivity (Wildman–Crippen MR) is 108 cm³/mol. The summed E-state index contributed by atoms with van der Waals surface area (Å²) in [5, 5.41) is 1.08. The Balaban J connectivity index is 1.51. The summed E-state index contributed by atoms with van der Waals surface area (Å²) in [4.78, 5) is 2.50. The number of unbranched alkanes of at least 4 members (excludes halogenated alkanes) is 3. The van der Waals surface area contributed by atoms with Crippen LogP contribution in [0.15, 0.2) is 36.4 Å². The normalized spacial score (nSPS) is 22.3. The maximum absolute atomic E-state index is 12.5. The van der Waals surface area contributed by atoms with Crippen LogP contribution in [-0.4, -0.2) is 46.3 Å². The van der Waals surface area contributed by atoms with Crippen LogP contribution in [0.2, 0.25) is 6.04 Å². The van der Waals surface area contributed by atoms with Crippen LogP contribution in [0, 0.1) is 0 Å². The van der Waals surface area contributed by atoms with Crippen LogP contribution in [-0.2, 0) is 10.9 Å². The number of rotatable bonds is 9. The molecule has 1 aromatic carbocycles. The summed E-state index contributed by atoms with van der Waals surface area (Å²) in [6.45, 7) is 7.52. The predicted octanol–water partition coefficient (Wildman–Crippen LogP) is 4.14. The second-order valence-electron chi connectivity index (χ2n) is 7.57. The summed E-state index contributed by atoms with van der Waals surface area (Å²) in [5.74, 6) is 0. The molecule has 0 aliphatic carbocycles. The fraction of sp³-hybridized carbons (Fsp3) is 0.619. The van der Waals surface area contributed by atoms with Gasteiger partial charge in [-0.2, -0.15) is 13.2 Å². The molecule has 0 N–H and O–H groups in total. The summed E-state index contributed by atoms with van der Waals surface area (Å²) in [7, 11) is -0.511. The Morgan fingerprint density at radius 3 is 2.33 bits per heavy atom. The summed E-state index contributed by atoms with van der Waals surface area (Å²) in [5.41, 5.74) is -0.559. The van der Waals surface area contributed by atoms with Crippen molar-refractivity contribution in [2.75, 3.05) is 19.6 Å². The Labute approximate surface area is 163 Å². The second kappa shape index (κ2) is 11.0. The van der Waals surface area contributed by atoms with Gasteiger partial charge >= 0.3 is 6.18 Å². The van der Waals surface area contributed by atoms with Crippen LogP contribution in [0.5, 0.6) is 0 Å². The minimum Gasteiger partial charge on any atom is -0.373 e. The maximum Gasteiger partial charge on any atom is 0.416 e. The molecule has 6 heteroatoms. The van der Waals surface area contributed by atoms with E-state index in [1.54, 1.807) is 12.1 Å². The molecule has 2 rings (SSSR count). The molecule has 2 nitrogen and oxygen atoms in total. The highest BCUT2D eigenvalue weighted by molar-refractivity contribution is 6.53. The molecule has 152 valence electrons. The molecule has 1 fully saturated rings. The zero-order valence-electron chi connectivity index (χ0n) is 16.5. The Bertz CT molecular complexity index is 564. The minimum atomic E-state index is -4.24. The number of allylic oxidation sites excluding steroid dienone is 2. The van der Waals surface area contributed by atoms with Crippen LogP contribution in [0.25, 0.3) is 0 Å². The van der Waals surface area contributed by atoms with Crippen LogP contribution < -0.4 is 5.19 Å². The van der Waals surface area contributed by atoms with Crippen LogP contribution in [0.3, 0.4) is 0 Å². The summed E-state index contributed by atoms with van der Waals surface area (Å²) in [6.07, 6.45) is 5.64. The molecule has 2 atom stereocenters. The van der Waals surface area contributed by atoms with Crippen LogP contribution >= 0.6 is 0 Å². The highest BCUT2D eigenvalue weighted by atomic mass is 28.2. The van der Waals surface area contributed by atoms with Gasteiger partial charge in [0.05, 0.1) is 27.3 Å². The fourth-order valence-electron chi connectivity index (χ4n) is 3.59. The average molecular weight is 400 g/mol. The van der Waals surface area contributed by atoms with E-state index in [1.807, 2.05) is 0 Å². The topological polar surface area (TPSA) is 12.5 Å². The van der Waals surface area contributed by atoms with Crippen molar-refractivity contribution in [2.24, 2.45) is 0 Å². The van der Waals surface area contributed by atoms with E-state index in [4.69, 9.17) is 4.74 Å². The standard InChI is InChI=1S/C21H32F3NOSi/c1-17-15-25(16-18(2)26-17)13-7-5-3-4-6-8-14-27-20-11-9-19(10-12-20)21(22,23)24/h6,8-12,17-18H,3-5,7,13-16,27H2,1-2H3. The fourth-order valence-corrected chi connectivity index (χ4v) is 4.89. The Morgan fingerprint density at radius 2 is 1.70 bits per heavy atom. The van der Waals surface area contributed by atoms with E-state index in [1.165, 1.54) is 31.4 Å². The molecule has 1 heterocycles. The zero-order valence-corrected chi connectivity index (χ0v) is 17.9. The number of hydrogen-bond donors (Lipinski definition) is 0. The highest BCUT2D eigenvalue weighted by Gasteiger charge is 2.29. The molecule has 1 saturated heterocycles. The van der Waals surface area contributed by atoms with Crippen molar-refractivity contribution >= 4 is 14.7 Å². The van der Waals surface area contributed by atoms with E-state index in [-0.39, 0.29) is 0 Å². The SMILES string of the molecule is CC1CN(CCCCCC=CC[SiH2]c2ccc(C(F)(F)F)cc2)CC(C)O1. The molecule has 0 saturated carbocycles. The molecule has 1 aliphatic rings. The van der Waals surface area contributed by atoms with E-state index in [0.29, 0.717) is 12.2 Å². The minimum absolute atomic E-state index is 0.338. The molecule has 0 aromatic heterocycles. The lowest BCUT2D eigenvalue weighted by molar-refractivity contribution is -0.137. The molecule has 0 amide bonds. The number of morpholine rings is 1. The third kappa shape index (κ3) is 8.62. The smallest absolute Gasteiger partial charge is 0.373 e. The van der Waals surface area contributed by atoms with Gasteiger partial charge in [0, 0.05) is 13.1 Å². The van der Waals surface area contributed by atoms with Gasteiger partial charge < -0.3 is 4.74 Å². The first-order valence-electron chi connectivity index (χ1n) is 10.0. The summed E-state index contributed by atoms with van der Waals surface area (Å²) in [6, 6.07) is 6.67. The quantitative estimate of drug-likeness (QED) is 0.351. The average Bonchev–Trinajstić information content (AvgIpc) is 2.59. The third-order valence-electron chi connectivity index (χ3n) is 4.89. The van der Waals surface area contributed by atoms with Crippen molar-refractivity contribution in [3.05, 3.63) is 42.0 Å². The number of hydrogen-bond acceptors (Lipinski definition) is 2. The van der Waals surface area contributed by atoms with Crippen LogP contribution in [0.4, 0.5) is 13.2 Å². The van der Waals surface area contributed by atoms with E-state index >= 15 is 0 Å². The largest absolute Gasteiger partial charge is 0.416 e. The zero-order chi connectivity index (χ0) is 19.7. The highest BCUT2D eigenvalue weighted by Crippen LogP contribution is 2.28. The van der Waals surface area contributed by atoms with E-state index in [9.17, 15) is 13.2 Å². The molecular weight excluding hydrogens is 367 g/mol. The molecule has 1 aromatic rings. The molecule has 0 radical (unpaired) electrons. The van der Waals surface area contributed by atoms with E-state index < -0.39 is 21.3 Å². The van der Waals surface area contributed by atoms with Crippen molar-refractivity contribution in [1.82, 2.24) is 4.90 Å². The lowest BCUT2D eigenvalue weighted by Gasteiger charge is -2.35. The summed E-state index contributed by atoms with van der Waals surface area (Å²) < 4.78 is 43.3. The molecule has 2 unspecified atom stereocenters. The Morgan fingerprint density at radius 1 is 1.04 bits per heavy atom. The Kier molecular flexibility index (Phi) is 9.06. The number of alkyl halides is 3. The summed E-state index contributed by atoms with van der Waals surface area (Å²) >= 11 is 0. The molecule has 0 spiro atoms. The number of halogens is 3. The molecule has 0 bridgehead atoms. The maximum atomic E-state index is 12.5. The lowest BCUT2D eigenvalue weighted by atomic mass is 10.1. The van der Waals surface area contributed by atoms with Gasteiger partial charge in [0.15, 0.2) is 0 Å². The molecule has 1 aliphatic heterocycles. The van der Waals surface area contributed by atoms with Gasteiger partial charge in [-0.1, -0.05) is 48.0 Å². The van der Waals surface area contributed by atoms with Crippen molar-refractivity contribution in [3.8, 4) is 0 Å². The first-order chi connectivity index (χ1) is 12.8. The van der Waals surface area contributed by atoms with Crippen LogP contribution in [0.1, 0.15) is 45.1 Å². The first-order valence-corrected chi connectivity index (χ1v) is 11.7. The first kappa shape index (κ1) is 22.2. The van der Waals surface area contributed by atoms with E-state index in [2.05, 4.69) is 30.9 Å². The van der Waals surface area contributed by atoms with Gasteiger partial charge in [-0.15, -0.1) is 0 Å². The van der Waals surface area contributed by atoms with Gasteiger partial charge in [-0.3, -0.25) is 4.90 Å². The number of ether oxygens (including phenoxy) is 1. The van der Waals surface area contributed by atoms with Gasteiger partial charge in [-0.25, -0.2) is 0 Å². The van der Waals surface area contributed by atoms with Crippen molar-refractivity contribution in [3.63, 3.8) is 0 Å². The lowest BCUT2D eigenvalue weighted by Crippen LogP contribution is -2.45. The monoisotopic (exact) mass is 399 g/mol. The third-order valence-corrected chi connectivity index (χ3v) is 6.56. The van der Waals surface area contributed by atoms with E-state index in [0.717, 1.165) is 37.3 Å². The second-order valence-corrected chi connectivity index (χ2v) is 9.46. The van der Waals surface area contributed by atoms with Gasteiger partial charge in [-0.05, 0) is 45.7 Å². The Hall–Kier alpha value is -1.11. The van der Waals surface area contributed by atoms with Gasteiger partial charge in [0.2, 0.25) is 0 Å². The van der Waals surface area contributed by atoms with Crippen molar-refractivity contribution < 1.29 is 17.9 Å². The van der Waals surface area contributed by atoms with Gasteiger partial charge in [0.25, 0.3) is 0 Å². The molecular formula is C21H32F3NOSi. The molecule has 27 heavy (non-hydrogen) atoms. The van der Waals surface area contributed by atoms with Crippen molar-refractivity contribution in [1.29, 1.82) is 0 Å². The van der Waals surface area contributed by atoms with Gasteiger partial charge in [0.1, 0.15) is 0 Å².